The Morgan fingerprint density at radius 1 is 0.971 bits per heavy atom. The van der Waals surface area contributed by atoms with Gasteiger partial charge in [0, 0.05) is 27.9 Å². The van der Waals surface area contributed by atoms with Gasteiger partial charge in [0.15, 0.2) is 0 Å². The number of rotatable bonds is 8. The average molecular weight is 487 g/mol. The highest BCUT2D eigenvalue weighted by Gasteiger charge is 2.37. The van der Waals surface area contributed by atoms with Crippen LogP contribution < -0.4 is 0 Å². The Morgan fingerprint density at radius 3 is 2.32 bits per heavy atom. The van der Waals surface area contributed by atoms with Gasteiger partial charge in [-0.3, -0.25) is 9.59 Å². The van der Waals surface area contributed by atoms with Crippen molar-refractivity contribution >= 4 is 23.2 Å². The van der Waals surface area contributed by atoms with Crippen molar-refractivity contribution in [3.63, 3.8) is 0 Å². The van der Waals surface area contributed by atoms with Gasteiger partial charge < -0.3 is 9.80 Å². The summed E-state index contributed by atoms with van der Waals surface area (Å²) in [4.78, 5) is 31.9. The minimum absolute atomic E-state index is 0.0574. The predicted molar refractivity (Wildman–Crippen MR) is 125 cm³/mol. The first-order chi connectivity index (χ1) is 16.2. The second kappa shape index (κ2) is 10.0. The van der Waals surface area contributed by atoms with Crippen LogP contribution in [-0.4, -0.2) is 34.2 Å². The van der Waals surface area contributed by atoms with E-state index in [1.807, 2.05) is 49.4 Å². The molecule has 4 nitrogen and oxygen atoms in total. The molecule has 178 valence electrons. The van der Waals surface area contributed by atoms with Crippen LogP contribution in [0.25, 0.3) is 0 Å². The van der Waals surface area contributed by atoms with E-state index < -0.39 is 17.6 Å². The molecule has 34 heavy (non-hydrogen) atoms. The molecular weight excluding hydrogens is 461 g/mol. The van der Waals surface area contributed by atoms with Crippen LogP contribution >= 0.6 is 11.3 Å². The summed E-state index contributed by atoms with van der Waals surface area (Å²) in [6, 6.07) is 17.8. The molecule has 0 spiro atoms. The van der Waals surface area contributed by atoms with Gasteiger partial charge in [0.25, 0.3) is 5.91 Å². The molecule has 1 fully saturated rings. The summed E-state index contributed by atoms with van der Waals surface area (Å²) >= 11 is 1.61. The van der Waals surface area contributed by atoms with Crippen LogP contribution in [0.15, 0.2) is 66.7 Å². The van der Waals surface area contributed by atoms with Gasteiger partial charge >= 0.3 is 6.18 Å². The molecule has 1 aliphatic carbocycles. The van der Waals surface area contributed by atoms with Crippen molar-refractivity contribution in [1.29, 1.82) is 0 Å². The van der Waals surface area contributed by atoms with Crippen molar-refractivity contribution in [2.45, 2.75) is 45.1 Å². The summed E-state index contributed by atoms with van der Waals surface area (Å²) < 4.78 is 39.5. The molecule has 2 amide bonds. The number of alkyl halides is 3. The number of aryl methyl sites for hydroxylation is 1. The Balaban J connectivity index is 1.55. The Bertz CT molecular complexity index is 1160. The highest BCUT2D eigenvalue weighted by molar-refractivity contribution is 7.11. The first-order valence-corrected chi connectivity index (χ1v) is 11.9. The van der Waals surface area contributed by atoms with Crippen molar-refractivity contribution in [2.75, 3.05) is 6.54 Å². The van der Waals surface area contributed by atoms with Gasteiger partial charge in [-0.1, -0.05) is 36.4 Å². The van der Waals surface area contributed by atoms with E-state index in [0.29, 0.717) is 13.1 Å². The van der Waals surface area contributed by atoms with Crippen LogP contribution in [-0.2, 0) is 24.1 Å². The molecule has 0 atom stereocenters. The molecule has 0 N–H and O–H groups in total. The average Bonchev–Trinajstić information content (AvgIpc) is 3.58. The number of hydrogen-bond acceptors (Lipinski definition) is 3. The summed E-state index contributed by atoms with van der Waals surface area (Å²) in [5.41, 5.74) is 0.0310. The van der Waals surface area contributed by atoms with Crippen LogP contribution in [0.4, 0.5) is 13.2 Å². The number of amides is 2. The molecular formula is C26H25F3N2O2S. The smallest absolute Gasteiger partial charge is 0.332 e. The van der Waals surface area contributed by atoms with E-state index in [1.165, 1.54) is 17.0 Å². The summed E-state index contributed by atoms with van der Waals surface area (Å²) in [6.45, 7) is 2.62. The maximum Gasteiger partial charge on any atom is 0.416 e. The molecule has 0 bridgehead atoms. The third kappa shape index (κ3) is 6.05. The van der Waals surface area contributed by atoms with Gasteiger partial charge in [-0.2, -0.15) is 13.2 Å². The van der Waals surface area contributed by atoms with Gasteiger partial charge in [0.2, 0.25) is 5.91 Å². The maximum absolute atomic E-state index is 13.4. The quantitative estimate of drug-likeness (QED) is 0.397. The van der Waals surface area contributed by atoms with Crippen molar-refractivity contribution < 1.29 is 22.8 Å². The summed E-state index contributed by atoms with van der Waals surface area (Å²) in [6.07, 6.45) is -3.07. The molecule has 2 aromatic carbocycles. The first-order valence-electron chi connectivity index (χ1n) is 11.1. The predicted octanol–water partition coefficient (Wildman–Crippen LogP) is 5.91. The van der Waals surface area contributed by atoms with Crippen molar-refractivity contribution in [1.82, 2.24) is 9.80 Å². The fraction of sp³-hybridized carbons (Fsp3) is 0.308. The van der Waals surface area contributed by atoms with Crippen molar-refractivity contribution in [3.8, 4) is 0 Å². The first kappa shape index (κ1) is 24.0. The van der Waals surface area contributed by atoms with Gasteiger partial charge in [-0.15, -0.1) is 11.3 Å². The zero-order valence-corrected chi connectivity index (χ0v) is 19.5. The topological polar surface area (TPSA) is 40.6 Å². The fourth-order valence-electron chi connectivity index (χ4n) is 3.79. The molecule has 4 rings (SSSR count). The lowest BCUT2D eigenvalue weighted by atomic mass is 10.1. The number of hydrogen-bond donors (Lipinski definition) is 0. The molecule has 8 heteroatoms. The number of nitrogens with zero attached hydrogens (tertiary/aromatic N) is 2. The van der Waals surface area contributed by atoms with Crippen LogP contribution in [0.1, 0.15) is 44.1 Å². The zero-order valence-electron chi connectivity index (χ0n) is 18.7. The SMILES string of the molecule is Cc1ccc(CN(Cc2ccccc2)C(=O)CN(C(=O)c2cccc(C(F)(F)F)c2)C2CC2)s1. The number of benzene rings is 2. The van der Waals surface area contributed by atoms with E-state index in [-0.39, 0.29) is 24.1 Å². The standard InChI is InChI=1S/C26H25F3N2O2S/c1-18-10-13-23(34-18)16-30(15-19-6-3-2-4-7-19)24(32)17-31(22-11-12-22)25(33)20-8-5-9-21(14-20)26(27,28)29/h2-10,13-14,22H,11-12,15-17H2,1H3. The lowest BCUT2D eigenvalue weighted by molar-refractivity contribution is -0.137. The van der Waals surface area contributed by atoms with Crippen molar-refractivity contribution in [3.05, 3.63) is 93.2 Å². The summed E-state index contributed by atoms with van der Waals surface area (Å²) in [7, 11) is 0. The molecule has 0 unspecified atom stereocenters. The molecule has 1 heterocycles. The number of halogens is 3. The minimum atomic E-state index is -4.54. The summed E-state index contributed by atoms with van der Waals surface area (Å²) in [5, 5.41) is 0. The van der Waals surface area contributed by atoms with Gasteiger partial charge in [0.1, 0.15) is 6.54 Å². The minimum Gasteiger partial charge on any atom is -0.332 e. The Labute approximate surface area is 200 Å². The summed E-state index contributed by atoms with van der Waals surface area (Å²) in [5.74, 6) is -0.782. The molecule has 0 saturated heterocycles. The lowest BCUT2D eigenvalue weighted by Gasteiger charge is -2.28. The maximum atomic E-state index is 13.4. The fourth-order valence-corrected chi connectivity index (χ4v) is 4.69. The third-order valence-electron chi connectivity index (χ3n) is 5.70. The van der Waals surface area contributed by atoms with E-state index in [1.54, 1.807) is 16.2 Å². The lowest BCUT2D eigenvalue weighted by Crippen LogP contribution is -2.43. The van der Waals surface area contributed by atoms with E-state index >= 15 is 0 Å². The normalized spacial score (nSPS) is 13.5. The third-order valence-corrected chi connectivity index (χ3v) is 6.69. The monoisotopic (exact) mass is 486 g/mol. The van der Waals surface area contributed by atoms with E-state index in [2.05, 4.69) is 0 Å². The molecule has 0 aliphatic heterocycles. The highest BCUT2D eigenvalue weighted by Crippen LogP contribution is 2.32. The van der Waals surface area contributed by atoms with Gasteiger partial charge in [-0.05, 0) is 55.7 Å². The Morgan fingerprint density at radius 2 is 1.71 bits per heavy atom. The molecule has 3 aromatic rings. The Kier molecular flexibility index (Phi) is 7.07. The van der Waals surface area contributed by atoms with Crippen LogP contribution in [0, 0.1) is 6.92 Å². The molecule has 1 aromatic heterocycles. The van der Waals surface area contributed by atoms with Gasteiger partial charge in [0.05, 0.1) is 12.1 Å². The van der Waals surface area contributed by atoms with Gasteiger partial charge in [-0.25, -0.2) is 0 Å². The zero-order chi connectivity index (χ0) is 24.3. The highest BCUT2D eigenvalue weighted by atomic mass is 32.1. The molecule has 0 radical (unpaired) electrons. The van der Waals surface area contributed by atoms with Crippen LogP contribution in [0.3, 0.4) is 0 Å². The van der Waals surface area contributed by atoms with Crippen LogP contribution in [0.5, 0.6) is 0 Å². The second-order valence-electron chi connectivity index (χ2n) is 8.49. The Hall–Kier alpha value is -3.13. The molecule has 1 saturated carbocycles. The van der Waals surface area contributed by atoms with E-state index in [0.717, 1.165) is 40.3 Å². The molecule has 1 aliphatic rings. The van der Waals surface area contributed by atoms with E-state index in [9.17, 15) is 22.8 Å². The van der Waals surface area contributed by atoms with Crippen molar-refractivity contribution in [2.24, 2.45) is 0 Å². The van der Waals surface area contributed by atoms with E-state index in [4.69, 9.17) is 0 Å². The number of thiophene rings is 1. The number of carbonyl (C=O) groups is 2. The largest absolute Gasteiger partial charge is 0.416 e. The second-order valence-corrected chi connectivity index (χ2v) is 9.86. The number of carbonyl (C=O) groups excluding carboxylic acids is 2. The van der Waals surface area contributed by atoms with Crippen LogP contribution in [0.2, 0.25) is 0 Å².